The summed E-state index contributed by atoms with van der Waals surface area (Å²) in [4.78, 5) is 50.2. The fraction of sp³-hybridized carbons (Fsp3) is 0.0357. The van der Waals surface area contributed by atoms with Gasteiger partial charge in [0.05, 0.1) is 20.7 Å². The molecule has 4 aromatic rings. The third-order valence-electron chi connectivity index (χ3n) is 6.02. The summed E-state index contributed by atoms with van der Waals surface area (Å²) >= 11 is 12.1. The zero-order chi connectivity index (χ0) is 27.7. The van der Waals surface area contributed by atoms with E-state index in [-0.39, 0.29) is 33.6 Å². The number of amides is 4. The molecule has 5 rings (SSSR count). The van der Waals surface area contributed by atoms with Crippen LogP contribution in [0.5, 0.6) is 5.75 Å². The van der Waals surface area contributed by atoms with Gasteiger partial charge < -0.3 is 4.74 Å². The highest BCUT2D eigenvalue weighted by Gasteiger charge is 2.37. The molecule has 0 spiro atoms. The summed E-state index contributed by atoms with van der Waals surface area (Å²) in [5.41, 5.74) is 0.917. The van der Waals surface area contributed by atoms with Crippen molar-refractivity contribution >= 4 is 69.3 Å². The molecule has 4 aromatic carbocycles. The van der Waals surface area contributed by atoms with Gasteiger partial charge in [0.2, 0.25) is 0 Å². The van der Waals surface area contributed by atoms with Crippen molar-refractivity contribution in [3.8, 4) is 5.75 Å². The molecule has 0 bridgehead atoms. The minimum Gasteiger partial charge on any atom is -0.488 e. The van der Waals surface area contributed by atoms with Gasteiger partial charge in [-0.1, -0.05) is 53.5 Å². The van der Waals surface area contributed by atoms with Gasteiger partial charge in [0.25, 0.3) is 17.5 Å². The molecule has 0 aliphatic carbocycles. The number of nitro benzene ring substituents is 1. The number of fused-ring (bicyclic) bond motifs is 1. The normalized spacial score (nSPS) is 14.6. The Hall–Kier alpha value is -4.73. The second-order valence-corrected chi connectivity index (χ2v) is 9.28. The Morgan fingerprint density at radius 3 is 2.38 bits per heavy atom. The lowest BCUT2D eigenvalue weighted by Crippen LogP contribution is -2.54. The number of halogens is 2. The number of nitro groups is 1. The molecule has 0 saturated carbocycles. The molecule has 9 nitrogen and oxygen atoms in total. The molecule has 1 aliphatic heterocycles. The second kappa shape index (κ2) is 10.6. The van der Waals surface area contributed by atoms with Crippen LogP contribution in [0.15, 0.2) is 84.4 Å². The zero-order valence-electron chi connectivity index (χ0n) is 19.9. The van der Waals surface area contributed by atoms with Crippen molar-refractivity contribution in [2.75, 3.05) is 4.90 Å². The standard InChI is InChI=1S/C28H17Cl2N3O6/c29-23-11-10-19(13-24(23)30)32-27(35)22(26(34)31-28(32)36)14-21-20-4-2-1-3-17(20)7-12-25(21)39-15-16-5-8-18(9-6-16)33(37)38/h1-14H,15H2,(H,31,34,36)/b22-14+. The number of barbiturate groups is 1. The Balaban J connectivity index is 1.55. The minimum absolute atomic E-state index is 0.0437. The summed E-state index contributed by atoms with van der Waals surface area (Å²) in [5.74, 6) is -1.36. The molecular formula is C28H17Cl2N3O6. The molecule has 1 saturated heterocycles. The van der Waals surface area contributed by atoms with Crippen molar-refractivity contribution in [1.82, 2.24) is 5.32 Å². The predicted octanol–water partition coefficient (Wildman–Crippen LogP) is 6.30. The summed E-state index contributed by atoms with van der Waals surface area (Å²) in [6.07, 6.45) is 1.38. The third kappa shape index (κ3) is 5.18. The average Bonchev–Trinajstić information content (AvgIpc) is 2.92. The van der Waals surface area contributed by atoms with Gasteiger partial charge >= 0.3 is 6.03 Å². The van der Waals surface area contributed by atoms with Crippen LogP contribution < -0.4 is 15.0 Å². The molecule has 0 atom stereocenters. The van der Waals surface area contributed by atoms with E-state index >= 15 is 0 Å². The molecule has 1 fully saturated rings. The summed E-state index contributed by atoms with van der Waals surface area (Å²) in [6.45, 7) is 0.0700. The van der Waals surface area contributed by atoms with Gasteiger partial charge in [-0.15, -0.1) is 0 Å². The lowest BCUT2D eigenvalue weighted by molar-refractivity contribution is -0.384. The Kier molecular flexibility index (Phi) is 7.02. The number of carbonyl (C=O) groups excluding carboxylic acids is 3. The van der Waals surface area contributed by atoms with Gasteiger partial charge in [0.1, 0.15) is 17.9 Å². The van der Waals surface area contributed by atoms with Gasteiger partial charge in [-0.25, -0.2) is 9.69 Å². The van der Waals surface area contributed by atoms with Gasteiger partial charge in [-0.3, -0.25) is 25.0 Å². The quantitative estimate of drug-likeness (QED) is 0.128. The van der Waals surface area contributed by atoms with Crippen molar-refractivity contribution in [1.29, 1.82) is 0 Å². The molecule has 1 heterocycles. The molecule has 0 unspecified atom stereocenters. The molecular weight excluding hydrogens is 545 g/mol. The fourth-order valence-electron chi connectivity index (χ4n) is 4.09. The highest BCUT2D eigenvalue weighted by molar-refractivity contribution is 6.43. The van der Waals surface area contributed by atoms with E-state index < -0.39 is 22.8 Å². The number of nitrogens with zero attached hydrogens (tertiary/aromatic N) is 2. The molecule has 11 heteroatoms. The Bertz CT molecular complexity index is 1700. The van der Waals surface area contributed by atoms with E-state index in [4.69, 9.17) is 27.9 Å². The van der Waals surface area contributed by atoms with E-state index in [0.29, 0.717) is 22.3 Å². The molecule has 194 valence electrons. The van der Waals surface area contributed by atoms with Crippen molar-refractivity contribution in [2.24, 2.45) is 0 Å². The van der Waals surface area contributed by atoms with Gasteiger partial charge in [-0.05, 0) is 58.8 Å². The lowest BCUT2D eigenvalue weighted by Gasteiger charge is -2.26. The second-order valence-electron chi connectivity index (χ2n) is 8.47. The first-order chi connectivity index (χ1) is 18.7. The molecule has 0 aromatic heterocycles. The van der Waals surface area contributed by atoms with Gasteiger partial charge in [0, 0.05) is 17.7 Å². The Labute approximate surface area is 231 Å². The number of hydrogen-bond acceptors (Lipinski definition) is 6. The number of hydrogen-bond donors (Lipinski definition) is 1. The molecule has 39 heavy (non-hydrogen) atoms. The van der Waals surface area contributed by atoms with Crippen LogP contribution in [0, 0.1) is 10.1 Å². The highest BCUT2D eigenvalue weighted by atomic mass is 35.5. The average molecular weight is 562 g/mol. The first kappa shape index (κ1) is 25.9. The Morgan fingerprint density at radius 1 is 0.923 bits per heavy atom. The number of nitrogens with one attached hydrogen (secondary N) is 1. The fourth-order valence-corrected chi connectivity index (χ4v) is 4.38. The van der Waals surface area contributed by atoms with E-state index in [9.17, 15) is 24.5 Å². The maximum absolute atomic E-state index is 13.5. The summed E-state index contributed by atoms with van der Waals surface area (Å²) in [6, 6.07) is 20.1. The van der Waals surface area contributed by atoms with Gasteiger partial charge in [-0.2, -0.15) is 0 Å². The molecule has 1 N–H and O–H groups in total. The molecule has 1 aliphatic rings. The number of non-ortho nitro benzene ring substituents is 1. The van der Waals surface area contributed by atoms with E-state index in [2.05, 4.69) is 5.32 Å². The number of carbonyl (C=O) groups is 3. The summed E-state index contributed by atoms with van der Waals surface area (Å²) < 4.78 is 6.04. The monoisotopic (exact) mass is 561 g/mol. The van der Waals surface area contributed by atoms with E-state index in [1.54, 1.807) is 24.3 Å². The van der Waals surface area contributed by atoms with Crippen LogP contribution in [0.2, 0.25) is 10.0 Å². The van der Waals surface area contributed by atoms with Crippen LogP contribution in [0.1, 0.15) is 11.1 Å². The van der Waals surface area contributed by atoms with Crippen LogP contribution in [0.4, 0.5) is 16.2 Å². The largest absolute Gasteiger partial charge is 0.488 e. The van der Waals surface area contributed by atoms with Gasteiger partial charge in [0.15, 0.2) is 0 Å². The number of imide groups is 2. The van der Waals surface area contributed by atoms with Crippen LogP contribution in [0.25, 0.3) is 16.8 Å². The van der Waals surface area contributed by atoms with Crippen LogP contribution in [-0.2, 0) is 16.2 Å². The predicted molar refractivity (Wildman–Crippen MR) is 147 cm³/mol. The highest BCUT2D eigenvalue weighted by Crippen LogP contribution is 2.33. The van der Waals surface area contributed by atoms with E-state index in [1.165, 1.54) is 36.4 Å². The number of urea groups is 1. The van der Waals surface area contributed by atoms with Crippen molar-refractivity contribution in [3.63, 3.8) is 0 Å². The van der Waals surface area contributed by atoms with Crippen LogP contribution in [0.3, 0.4) is 0 Å². The number of rotatable bonds is 6. The topological polar surface area (TPSA) is 119 Å². The lowest BCUT2D eigenvalue weighted by atomic mass is 9.99. The minimum atomic E-state index is -0.923. The smallest absolute Gasteiger partial charge is 0.335 e. The SMILES string of the molecule is O=C1NC(=O)N(c2ccc(Cl)c(Cl)c2)C(=O)/C1=C/c1c(OCc2ccc([N+](=O)[O-])cc2)ccc2ccccc12. The number of ether oxygens (including phenoxy) is 1. The summed E-state index contributed by atoms with van der Waals surface area (Å²) in [7, 11) is 0. The molecule has 0 radical (unpaired) electrons. The molecule has 4 amide bonds. The van der Waals surface area contributed by atoms with Crippen LogP contribution in [-0.4, -0.2) is 22.8 Å². The van der Waals surface area contributed by atoms with Crippen molar-refractivity contribution in [3.05, 3.63) is 116 Å². The Morgan fingerprint density at radius 2 is 1.67 bits per heavy atom. The summed E-state index contributed by atoms with van der Waals surface area (Å²) in [5, 5.41) is 15.0. The van der Waals surface area contributed by atoms with E-state index in [0.717, 1.165) is 10.3 Å². The zero-order valence-corrected chi connectivity index (χ0v) is 21.4. The maximum Gasteiger partial charge on any atom is 0.335 e. The third-order valence-corrected chi connectivity index (χ3v) is 6.76. The van der Waals surface area contributed by atoms with Crippen molar-refractivity contribution < 1.29 is 24.0 Å². The van der Waals surface area contributed by atoms with Crippen LogP contribution >= 0.6 is 23.2 Å². The number of anilines is 1. The van der Waals surface area contributed by atoms with Crippen molar-refractivity contribution in [2.45, 2.75) is 6.61 Å². The van der Waals surface area contributed by atoms with E-state index in [1.807, 2.05) is 24.3 Å². The maximum atomic E-state index is 13.5. The first-order valence-electron chi connectivity index (χ1n) is 11.5. The number of benzene rings is 4. The first-order valence-corrected chi connectivity index (χ1v) is 12.2.